The Morgan fingerprint density at radius 3 is 2.15 bits per heavy atom. The summed E-state index contributed by atoms with van der Waals surface area (Å²) >= 11 is 0. The molecule has 0 saturated carbocycles. The quantitative estimate of drug-likeness (QED) is 0.411. The number of carbonyl (C=O) groups excluding carboxylic acids is 2. The van der Waals surface area contributed by atoms with E-state index in [4.69, 9.17) is 14.2 Å². The van der Waals surface area contributed by atoms with Gasteiger partial charge in [-0.2, -0.15) is 0 Å². The molecule has 0 aliphatic rings. The van der Waals surface area contributed by atoms with Gasteiger partial charge in [-0.15, -0.1) is 0 Å². The number of nitrogens with zero attached hydrogens (tertiary/aromatic N) is 1. The second-order valence-corrected chi connectivity index (χ2v) is 10.5. The van der Waals surface area contributed by atoms with Crippen LogP contribution >= 0.6 is 0 Å². The van der Waals surface area contributed by atoms with Crippen LogP contribution in [-0.2, 0) is 20.9 Å². The highest BCUT2D eigenvalue weighted by molar-refractivity contribution is 5.76. The first-order chi connectivity index (χ1) is 15.8. The fourth-order valence-electron chi connectivity index (χ4n) is 3.34. The van der Waals surface area contributed by atoms with Crippen molar-refractivity contribution < 1.29 is 23.8 Å². The van der Waals surface area contributed by atoms with E-state index in [1.165, 1.54) is 4.90 Å². The van der Waals surface area contributed by atoms with Crippen LogP contribution in [0.2, 0.25) is 0 Å². The van der Waals surface area contributed by atoms with Crippen molar-refractivity contribution in [3.8, 4) is 5.75 Å². The summed E-state index contributed by atoms with van der Waals surface area (Å²) in [5, 5.41) is 0. The van der Waals surface area contributed by atoms with Crippen molar-refractivity contribution in [2.45, 2.75) is 79.2 Å². The number of hydrogen-bond acceptors (Lipinski definition) is 5. The van der Waals surface area contributed by atoms with Crippen molar-refractivity contribution in [3.63, 3.8) is 0 Å². The van der Waals surface area contributed by atoms with Crippen LogP contribution in [0.15, 0.2) is 54.6 Å². The summed E-state index contributed by atoms with van der Waals surface area (Å²) in [4.78, 5) is 27.3. The lowest BCUT2D eigenvalue weighted by molar-refractivity contribution is -0.162. The Kier molecular flexibility index (Phi) is 9.14. The lowest BCUT2D eigenvalue weighted by Gasteiger charge is -2.36. The van der Waals surface area contributed by atoms with Gasteiger partial charge in [-0.25, -0.2) is 4.79 Å². The maximum absolute atomic E-state index is 12.9. The van der Waals surface area contributed by atoms with Crippen LogP contribution in [0.3, 0.4) is 0 Å². The molecule has 0 unspecified atom stereocenters. The van der Waals surface area contributed by atoms with E-state index in [2.05, 4.69) is 0 Å². The third-order valence-corrected chi connectivity index (χ3v) is 5.23. The molecule has 186 valence electrons. The van der Waals surface area contributed by atoms with Crippen molar-refractivity contribution in [1.82, 2.24) is 4.90 Å². The molecule has 0 N–H and O–H groups in total. The zero-order valence-corrected chi connectivity index (χ0v) is 21.8. The maximum Gasteiger partial charge on any atom is 0.410 e. The van der Waals surface area contributed by atoms with Crippen LogP contribution in [0, 0.1) is 5.41 Å². The van der Waals surface area contributed by atoms with E-state index in [1.54, 1.807) is 7.05 Å². The van der Waals surface area contributed by atoms with Crippen molar-refractivity contribution in [2.75, 3.05) is 7.05 Å². The summed E-state index contributed by atoms with van der Waals surface area (Å²) < 4.78 is 17.6. The highest BCUT2D eigenvalue weighted by Crippen LogP contribution is 2.32. The predicted molar refractivity (Wildman–Crippen MR) is 134 cm³/mol. The molecule has 6 heteroatoms. The second kappa shape index (κ2) is 11.4. The molecular weight excluding hydrogens is 430 g/mol. The Morgan fingerprint density at radius 2 is 1.59 bits per heavy atom. The van der Waals surface area contributed by atoms with Gasteiger partial charge in [-0.05, 0) is 71.2 Å². The Bertz CT molecular complexity index is 943. The van der Waals surface area contributed by atoms with Crippen LogP contribution in [-0.4, -0.2) is 35.7 Å². The molecular formula is C28H39NO5. The molecule has 0 saturated heterocycles. The van der Waals surface area contributed by atoms with Crippen molar-refractivity contribution in [2.24, 2.45) is 5.41 Å². The first-order valence-electron chi connectivity index (χ1n) is 11.8. The Morgan fingerprint density at radius 1 is 0.941 bits per heavy atom. The van der Waals surface area contributed by atoms with E-state index in [-0.39, 0.29) is 5.97 Å². The number of rotatable bonds is 8. The van der Waals surface area contributed by atoms with Gasteiger partial charge in [0.25, 0.3) is 0 Å². The third-order valence-electron chi connectivity index (χ3n) is 5.23. The molecule has 0 heterocycles. The molecule has 0 fully saturated rings. The van der Waals surface area contributed by atoms with Gasteiger partial charge in [0.05, 0.1) is 11.5 Å². The Balaban J connectivity index is 2.35. The zero-order chi connectivity index (χ0) is 25.5. The number of amides is 1. The van der Waals surface area contributed by atoms with E-state index < -0.39 is 29.3 Å². The molecule has 2 rings (SSSR count). The zero-order valence-electron chi connectivity index (χ0n) is 21.8. The number of likely N-dealkylation sites (N-methyl/N-ethyl adjacent to an activating group) is 1. The molecule has 1 amide bonds. The van der Waals surface area contributed by atoms with Gasteiger partial charge in [-0.1, -0.05) is 49.4 Å². The summed E-state index contributed by atoms with van der Waals surface area (Å²) in [6.45, 7) is 13.3. The highest BCUT2D eigenvalue weighted by Gasteiger charge is 2.36. The first kappa shape index (κ1) is 27.2. The van der Waals surface area contributed by atoms with E-state index in [9.17, 15) is 9.59 Å². The standard InChI is InChI=1S/C28H39NO5/c1-9-23(29(8)26(31)34-28(5,6)7)24(33-25(30)27(2,3)4)21-16-13-17-22(18-21)32-19-20-14-11-10-12-15-20/h10-18,23-24H,9,19H2,1-8H3/t23-,24-/m0/s1. The minimum atomic E-state index is -0.692. The molecule has 0 aliphatic carbocycles. The van der Waals surface area contributed by atoms with Gasteiger partial charge in [0.2, 0.25) is 0 Å². The molecule has 0 spiro atoms. The summed E-state index contributed by atoms with van der Waals surface area (Å²) in [6, 6.07) is 17.0. The number of ether oxygens (including phenoxy) is 3. The minimum absolute atomic E-state index is 0.343. The summed E-state index contributed by atoms with van der Waals surface area (Å²) in [5.41, 5.74) is 0.486. The maximum atomic E-state index is 12.9. The van der Waals surface area contributed by atoms with Crippen LogP contribution in [0.25, 0.3) is 0 Å². The van der Waals surface area contributed by atoms with Gasteiger partial charge in [0.1, 0.15) is 24.1 Å². The fourth-order valence-corrected chi connectivity index (χ4v) is 3.34. The van der Waals surface area contributed by atoms with Crippen LogP contribution in [0.5, 0.6) is 5.75 Å². The van der Waals surface area contributed by atoms with Crippen molar-refractivity contribution in [1.29, 1.82) is 0 Å². The Hall–Kier alpha value is -3.02. The van der Waals surface area contributed by atoms with E-state index in [0.717, 1.165) is 11.1 Å². The molecule has 2 atom stereocenters. The van der Waals surface area contributed by atoms with Crippen molar-refractivity contribution in [3.05, 3.63) is 65.7 Å². The van der Waals surface area contributed by atoms with E-state index in [1.807, 2.05) is 103 Å². The van der Waals surface area contributed by atoms with Crippen LogP contribution < -0.4 is 4.74 Å². The third kappa shape index (κ3) is 8.08. The summed E-state index contributed by atoms with van der Waals surface area (Å²) in [7, 11) is 1.68. The predicted octanol–water partition coefficient (Wildman–Crippen LogP) is 6.54. The molecule has 2 aromatic carbocycles. The summed E-state index contributed by atoms with van der Waals surface area (Å²) in [6.07, 6.45) is -0.588. The van der Waals surface area contributed by atoms with Crippen LogP contribution in [0.1, 0.15) is 72.1 Å². The van der Waals surface area contributed by atoms with E-state index >= 15 is 0 Å². The first-order valence-corrected chi connectivity index (χ1v) is 11.8. The van der Waals surface area contributed by atoms with Gasteiger partial charge >= 0.3 is 12.1 Å². The molecule has 0 aromatic heterocycles. The van der Waals surface area contributed by atoms with Gasteiger partial charge in [0, 0.05) is 7.05 Å². The van der Waals surface area contributed by atoms with Gasteiger partial charge in [0.15, 0.2) is 0 Å². The molecule has 6 nitrogen and oxygen atoms in total. The van der Waals surface area contributed by atoms with Crippen LogP contribution in [0.4, 0.5) is 4.79 Å². The Labute approximate surface area is 204 Å². The smallest absolute Gasteiger partial charge is 0.410 e. The molecule has 0 bridgehead atoms. The molecule has 0 aliphatic heterocycles. The number of carbonyl (C=O) groups is 2. The number of benzene rings is 2. The highest BCUT2D eigenvalue weighted by atomic mass is 16.6. The van der Waals surface area contributed by atoms with Gasteiger partial charge < -0.3 is 19.1 Å². The number of hydrogen-bond donors (Lipinski definition) is 0. The lowest BCUT2D eigenvalue weighted by atomic mass is 9.95. The monoisotopic (exact) mass is 469 g/mol. The summed E-state index contributed by atoms with van der Waals surface area (Å²) in [5.74, 6) is 0.317. The minimum Gasteiger partial charge on any atom is -0.489 e. The molecule has 2 aromatic rings. The lowest BCUT2D eigenvalue weighted by Crippen LogP contribution is -2.45. The molecule has 0 radical (unpaired) electrons. The topological polar surface area (TPSA) is 65.1 Å². The fraction of sp³-hybridized carbons (Fsp3) is 0.500. The SMILES string of the molecule is CC[C@@H]([C@@H](OC(=O)C(C)(C)C)c1cccc(OCc2ccccc2)c1)N(C)C(=O)OC(C)(C)C. The second-order valence-electron chi connectivity index (χ2n) is 10.5. The molecule has 34 heavy (non-hydrogen) atoms. The number of esters is 1. The average Bonchev–Trinajstić information content (AvgIpc) is 2.76. The largest absolute Gasteiger partial charge is 0.489 e. The van der Waals surface area contributed by atoms with Gasteiger partial charge in [-0.3, -0.25) is 4.79 Å². The van der Waals surface area contributed by atoms with Crippen molar-refractivity contribution >= 4 is 12.1 Å². The van der Waals surface area contributed by atoms with E-state index in [0.29, 0.717) is 18.8 Å². The normalized spacial score (nSPS) is 13.5. The average molecular weight is 470 g/mol.